The van der Waals surface area contributed by atoms with Crippen molar-refractivity contribution in [2.75, 3.05) is 6.61 Å². The highest BCUT2D eigenvalue weighted by Crippen LogP contribution is 2.26. The Hall–Kier alpha value is -1.69. The number of carbonyl (C=O) groups excluding carboxylic acids is 1. The SMILES string of the molecule is CCOC(=O)C(c1ccc(Br)cc1)c1nnc(C)n1CC. The molecule has 0 aliphatic carbocycles. The van der Waals surface area contributed by atoms with Crippen molar-refractivity contribution in [2.24, 2.45) is 0 Å². The average Bonchev–Trinajstić information content (AvgIpc) is 2.82. The first-order valence-corrected chi connectivity index (χ1v) is 7.69. The summed E-state index contributed by atoms with van der Waals surface area (Å²) in [5, 5.41) is 8.28. The second-order valence-corrected chi connectivity index (χ2v) is 5.50. The standard InChI is InChI=1S/C15H18BrN3O2/c1-4-19-10(3)17-18-14(19)13(15(20)21-5-2)11-6-8-12(16)9-7-11/h6-9,13H,4-5H2,1-3H3. The van der Waals surface area contributed by atoms with Gasteiger partial charge in [-0.05, 0) is 38.5 Å². The van der Waals surface area contributed by atoms with Crippen LogP contribution in [-0.4, -0.2) is 27.3 Å². The largest absolute Gasteiger partial charge is 0.465 e. The molecule has 0 radical (unpaired) electrons. The summed E-state index contributed by atoms with van der Waals surface area (Å²) in [4.78, 5) is 12.4. The van der Waals surface area contributed by atoms with E-state index < -0.39 is 5.92 Å². The number of benzene rings is 1. The van der Waals surface area contributed by atoms with Crippen molar-refractivity contribution < 1.29 is 9.53 Å². The van der Waals surface area contributed by atoms with Crippen molar-refractivity contribution in [1.82, 2.24) is 14.8 Å². The molecule has 0 aliphatic rings. The quantitative estimate of drug-likeness (QED) is 0.776. The van der Waals surface area contributed by atoms with E-state index in [1.165, 1.54) is 0 Å². The first-order chi connectivity index (χ1) is 10.1. The zero-order valence-electron chi connectivity index (χ0n) is 12.3. The Bertz CT molecular complexity index is 622. The van der Waals surface area contributed by atoms with Crippen LogP contribution in [0.5, 0.6) is 0 Å². The van der Waals surface area contributed by atoms with E-state index in [9.17, 15) is 4.79 Å². The molecule has 0 N–H and O–H groups in total. The number of nitrogens with zero attached hydrogens (tertiary/aromatic N) is 3. The van der Waals surface area contributed by atoms with E-state index in [0.717, 1.165) is 15.9 Å². The Labute approximate surface area is 132 Å². The predicted octanol–water partition coefficient (Wildman–Crippen LogP) is 3.06. The fourth-order valence-corrected chi connectivity index (χ4v) is 2.54. The van der Waals surface area contributed by atoms with Gasteiger partial charge < -0.3 is 9.30 Å². The van der Waals surface area contributed by atoms with Gasteiger partial charge in [0.15, 0.2) is 5.82 Å². The topological polar surface area (TPSA) is 57.0 Å². The number of rotatable bonds is 5. The van der Waals surface area contributed by atoms with Crippen LogP contribution in [-0.2, 0) is 16.1 Å². The Morgan fingerprint density at radius 1 is 1.29 bits per heavy atom. The molecule has 0 amide bonds. The Balaban J connectivity index is 2.50. The molecule has 0 saturated carbocycles. The second kappa shape index (κ2) is 6.85. The zero-order chi connectivity index (χ0) is 15.4. The number of aromatic nitrogens is 3. The molecule has 1 atom stereocenters. The Morgan fingerprint density at radius 2 is 1.95 bits per heavy atom. The minimum atomic E-state index is -0.556. The highest BCUT2D eigenvalue weighted by atomic mass is 79.9. The number of halogens is 1. The summed E-state index contributed by atoms with van der Waals surface area (Å²) < 4.78 is 8.11. The van der Waals surface area contributed by atoms with Gasteiger partial charge in [0.1, 0.15) is 11.7 Å². The van der Waals surface area contributed by atoms with Crippen LogP contribution in [0.1, 0.15) is 37.0 Å². The van der Waals surface area contributed by atoms with Crippen LogP contribution in [0.4, 0.5) is 0 Å². The zero-order valence-corrected chi connectivity index (χ0v) is 13.9. The average molecular weight is 352 g/mol. The van der Waals surface area contributed by atoms with Crippen LogP contribution in [0.15, 0.2) is 28.7 Å². The molecule has 0 fully saturated rings. The molecule has 112 valence electrons. The summed E-state index contributed by atoms with van der Waals surface area (Å²) in [5.74, 6) is 0.552. The Morgan fingerprint density at radius 3 is 2.52 bits per heavy atom. The lowest BCUT2D eigenvalue weighted by atomic mass is 9.98. The minimum absolute atomic E-state index is 0.304. The third-order valence-corrected chi connectivity index (χ3v) is 3.79. The summed E-state index contributed by atoms with van der Waals surface area (Å²) in [7, 11) is 0. The monoisotopic (exact) mass is 351 g/mol. The van der Waals surface area contributed by atoms with Crippen LogP contribution in [0.3, 0.4) is 0 Å². The van der Waals surface area contributed by atoms with Crippen LogP contribution < -0.4 is 0 Å². The molecule has 2 rings (SSSR count). The van der Waals surface area contributed by atoms with Gasteiger partial charge in [0.25, 0.3) is 0 Å². The number of carbonyl (C=O) groups is 1. The highest BCUT2D eigenvalue weighted by Gasteiger charge is 2.29. The fraction of sp³-hybridized carbons (Fsp3) is 0.400. The van der Waals surface area contributed by atoms with Crippen LogP contribution in [0.2, 0.25) is 0 Å². The lowest BCUT2D eigenvalue weighted by molar-refractivity contribution is -0.144. The molecule has 21 heavy (non-hydrogen) atoms. The smallest absolute Gasteiger partial charge is 0.321 e. The van der Waals surface area contributed by atoms with Crippen LogP contribution in [0.25, 0.3) is 0 Å². The van der Waals surface area contributed by atoms with E-state index in [1.54, 1.807) is 6.92 Å². The molecule has 0 saturated heterocycles. The number of hydrogen-bond acceptors (Lipinski definition) is 4. The van der Waals surface area contributed by atoms with Gasteiger partial charge in [-0.2, -0.15) is 0 Å². The van der Waals surface area contributed by atoms with Gasteiger partial charge in [-0.3, -0.25) is 4.79 Å². The maximum absolute atomic E-state index is 12.4. The Kier molecular flexibility index (Phi) is 5.12. The molecule has 0 aliphatic heterocycles. The summed E-state index contributed by atoms with van der Waals surface area (Å²) >= 11 is 3.40. The number of esters is 1. The van der Waals surface area contributed by atoms with Crippen molar-refractivity contribution in [1.29, 1.82) is 0 Å². The van der Waals surface area contributed by atoms with Crippen molar-refractivity contribution in [2.45, 2.75) is 33.2 Å². The van der Waals surface area contributed by atoms with E-state index in [4.69, 9.17) is 4.74 Å². The van der Waals surface area contributed by atoms with Crippen LogP contribution >= 0.6 is 15.9 Å². The lowest BCUT2D eigenvalue weighted by Gasteiger charge is -2.16. The lowest BCUT2D eigenvalue weighted by Crippen LogP contribution is -2.21. The number of ether oxygens (including phenoxy) is 1. The highest BCUT2D eigenvalue weighted by molar-refractivity contribution is 9.10. The first kappa shape index (κ1) is 15.7. The number of hydrogen-bond donors (Lipinski definition) is 0. The molecule has 0 spiro atoms. The second-order valence-electron chi connectivity index (χ2n) is 4.59. The van der Waals surface area contributed by atoms with Gasteiger partial charge in [0.05, 0.1) is 6.61 Å². The van der Waals surface area contributed by atoms with Gasteiger partial charge in [0, 0.05) is 11.0 Å². The van der Waals surface area contributed by atoms with Gasteiger partial charge in [-0.25, -0.2) is 0 Å². The van der Waals surface area contributed by atoms with E-state index >= 15 is 0 Å². The van der Waals surface area contributed by atoms with E-state index in [1.807, 2.05) is 42.7 Å². The molecule has 1 unspecified atom stereocenters. The van der Waals surface area contributed by atoms with E-state index in [0.29, 0.717) is 19.0 Å². The normalized spacial score (nSPS) is 12.2. The third kappa shape index (κ3) is 3.32. The van der Waals surface area contributed by atoms with Crippen molar-refractivity contribution >= 4 is 21.9 Å². The van der Waals surface area contributed by atoms with E-state index in [-0.39, 0.29) is 5.97 Å². The molecule has 1 aromatic heterocycles. The van der Waals surface area contributed by atoms with Crippen molar-refractivity contribution in [3.8, 4) is 0 Å². The summed E-state index contributed by atoms with van der Waals surface area (Å²) in [6.07, 6.45) is 0. The van der Waals surface area contributed by atoms with Gasteiger partial charge >= 0.3 is 5.97 Å². The summed E-state index contributed by atoms with van der Waals surface area (Å²) in [6, 6.07) is 7.60. The van der Waals surface area contributed by atoms with Crippen LogP contribution in [0, 0.1) is 6.92 Å². The molecular weight excluding hydrogens is 334 g/mol. The van der Waals surface area contributed by atoms with E-state index in [2.05, 4.69) is 26.1 Å². The maximum Gasteiger partial charge on any atom is 0.321 e. The molecule has 5 nitrogen and oxygen atoms in total. The summed E-state index contributed by atoms with van der Waals surface area (Å²) in [5.41, 5.74) is 0.846. The third-order valence-electron chi connectivity index (χ3n) is 3.26. The number of aryl methyl sites for hydroxylation is 1. The first-order valence-electron chi connectivity index (χ1n) is 6.90. The van der Waals surface area contributed by atoms with Gasteiger partial charge in [-0.1, -0.05) is 28.1 Å². The van der Waals surface area contributed by atoms with Crippen molar-refractivity contribution in [3.63, 3.8) is 0 Å². The minimum Gasteiger partial charge on any atom is -0.465 e. The molecule has 1 aromatic carbocycles. The molecule has 0 bridgehead atoms. The molecule has 6 heteroatoms. The molecule has 2 aromatic rings. The summed E-state index contributed by atoms with van der Waals surface area (Å²) in [6.45, 7) is 6.73. The van der Waals surface area contributed by atoms with Gasteiger partial charge in [0.2, 0.25) is 0 Å². The molecule has 1 heterocycles. The van der Waals surface area contributed by atoms with Crippen molar-refractivity contribution in [3.05, 3.63) is 46.0 Å². The predicted molar refractivity (Wildman–Crippen MR) is 83.1 cm³/mol. The maximum atomic E-state index is 12.4. The molecular formula is C15H18BrN3O2. The van der Waals surface area contributed by atoms with Gasteiger partial charge in [-0.15, -0.1) is 10.2 Å². The fourth-order valence-electron chi connectivity index (χ4n) is 2.27.